The monoisotopic (exact) mass is 552 g/mol. The topological polar surface area (TPSA) is 152 Å². The first-order valence-corrected chi connectivity index (χ1v) is 13.7. The van der Waals surface area contributed by atoms with E-state index in [1.807, 2.05) is 42.7 Å². The number of rotatable bonds is 7. The van der Waals surface area contributed by atoms with Crippen LogP contribution in [0.5, 0.6) is 0 Å². The Bertz CT molecular complexity index is 1950. The number of fused-ring (bicyclic) bond motifs is 2. The first-order chi connectivity index (χ1) is 20.2. The van der Waals surface area contributed by atoms with Gasteiger partial charge in [-0.25, -0.2) is 4.68 Å². The van der Waals surface area contributed by atoms with E-state index in [9.17, 15) is 15.8 Å². The number of anilines is 2. The lowest BCUT2D eigenvalue weighted by molar-refractivity contribution is 0.443. The minimum Gasteiger partial charge on any atom is -0.383 e. The molecule has 6 rings (SSSR count). The number of aromatic nitrogens is 5. The standard InChI is InChI=1S/C32H28N10/c1-31(2,3)19-38-29-22(14-34)16-37-28-21(13-33)11-23(12-26(28)29)39-30(25-6-4-5-20-15-36-10-7-24(20)25)27-17-42(41-40-27)32(18-35)8-9-32/h4-7,10-12,15-17,30,39H,8-9,19H2,1-3H3,(H,37,38). The molecule has 0 amide bonds. The molecule has 10 nitrogen and oxygen atoms in total. The van der Waals surface area contributed by atoms with Gasteiger partial charge in [0.05, 0.1) is 40.6 Å². The summed E-state index contributed by atoms with van der Waals surface area (Å²) in [5.74, 6) is 0. The van der Waals surface area contributed by atoms with E-state index in [-0.39, 0.29) is 5.41 Å². The van der Waals surface area contributed by atoms with Gasteiger partial charge in [0, 0.05) is 41.6 Å². The van der Waals surface area contributed by atoms with Gasteiger partial charge >= 0.3 is 0 Å². The Morgan fingerprint density at radius 1 is 1.02 bits per heavy atom. The number of hydrogen-bond donors (Lipinski definition) is 2. The summed E-state index contributed by atoms with van der Waals surface area (Å²) in [6, 6.07) is 18.0. The first kappa shape index (κ1) is 26.7. The predicted octanol–water partition coefficient (Wildman–Crippen LogP) is 5.79. The summed E-state index contributed by atoms with van der Waals surface area (Å²) < 4.78 is 1.66. The van der Waals surface area contributed by atoms with E-state index in [0.717, 1.165) is 29.2 Å². The number of hydrogen-bond acceptors (Lipinski definition) is 9. The Labute approximate surface area is 243 Å². The van der Waals surface area contributed by atoms with E-state index in [1.165, 1.54) is 6.20 Å². The summed E-state index contributed by atoms with van der Waals surface area (Å²) in [6.45, 7) is 6.95. The van der Waals surface area contributed by atoms with Crippen LogP contribution in [0.25, 0.3) is 21.7 Å². The molecule has 0 radical (unpaired) electrons. The fourth-order valence-corrected chi connectivity index (χ4v) is 5.11. The van der Waals surface area contributed by atoms with Crippen molar-refractivity contribution in [1.82, 2.24) is 25.0 Å². The van der Waals surface area contributed by atoms with Crippen molar-refractivity contribution in [3.63, 3.8) is 0 Å². The zero-order valence-corrected chi connectivity index (χ0v) is 23.5. The van der Waals surface area contributed by atoms with Gasteiger partial charge in [-0.2, -0.15) is 15.8 Å². The molecule has 5 aromatic rings. The van der Waals surface area contributed by atoms with Crippen molar-refractivity contribution in [1.29, 1.82) is 15.8 Å². The Morgan fingerprint density at radius 3 is 2.55 bits per heavy atom. The molecule has 1 aliphatic carbocycles. The first-order valence-electron chi connectivity index (χ1n) is 13.7. The van der Waals surface area contributed by atoms with Crippen molar-refractivity contribution >= 4 is 33.1 Å². The smallest absolute Gasteiger partial charge is 0.150 e. The van der Waals surface area contributed by atoms with Crippen LogP contribution in [0.3, 0.4) is 0 Å². The van der Waals surface area contributed by atoms with Gasteiger partial charge < -0.3 is 10.6 Å². The molecule has 0 spiro atoms. The van der Waals surface area contributed by atoms with E-state index >= 15 is 0 Å². The number of nitrogens with one attached hydrogen (secondary N) is 2. The summed E-state index contributed by atoms with van der Waals surface area (Å²) in [5.41, 5.74) is 3.47. The molecule has 1 aliphatic rings. The van der Waals surface area contributed by atoms with Crippen molar-refractivity contribution in [2.24, 2.45) is 5.41 Å². The van der Waals surface area contributed by atoms with Gasteiger partial charge in [0.1, 0.15) is 17.8 Å². The third-order valence-electron chi connectivity index (χ3n) is 7.52. The highest BCUT2D eigenvalue weighted by Gasteiger charge is 2.47. The van der Waals surface area contributed by atoms with Crippen LogP contribution in [0, 0.1) is 39.4 Å². The fourth-order valence-electron chi connectivity index (χ4n) is 5.11. The van der Waals surface area contributed by atoms with Gasteiger partial charge in [0.2, 0.25) is 0 Å². The zero-order chi connectivity index (χ0) is 29.5. The Hall–Kier alpha value is -5.53. The van der Waals surface area contributed by atoms with E-state index in [1.54, 1.807) is 16.9 Å². The van der Waals surface area contributed by atoms with Crippen molar-refractivity contribution in [3.8, 4) is 18.2 Å². The molecule has 1 saturated carbocycles. The quantitative estimate of drug-likeness (QED) is 0.255. The Balaban J connectivity index is 1.51. The summed E-state index contributed by atoms with van der Waals surface area (Å²) in [4.78, 5) is 8.75. The lowest BCUT2D eigenvalue weighted by Gasteiger charge is -2.23. The summed E-state index contributed by atoms with van der Waals surface area (Å²) in [5, 5.41) is 48.3. The van der Waals surface area contributed by atoms with Crippen LogP contribution in [0.15, 0.2) is 61.2 Å². The van der Waals surface area contributed by atoms with Crippen molar-refractivity contribution < 1.29 is 0 Å². The molecule has 1 fully saturated rings. The molecule has 3 heterocycles. The number of nitrogens with zero attached hydrogens (tertiary/aromatic N) is 8. The summed E-state index contributed by atoms with van der Waals surface area (Å²) in [7, 11) is 0. The number of benzene rings is 2. The second kappa shape index (κ2) is 10.1. The lowest BCUT2D eigenvalue weighted by atomic mass is 9.96. The van der Waals surface area contributed by atoms with Crippen LogP contribution in [0.1, 0.15) is 62.0 Å². The van der Waals surface area contributed by atoms with Gasteiger partial charge in [-0.3, -0.25) is 9.97 Å². The highest BCUT2D eigenvalue weighted by atomic mass is 15.5. The maximum atomic E-state index is 10.1. The van der Waals surface area contributed by atoms with Crippen LogP contribution < -0.4 is 10.6 Å². The van der Waals surface area contributed by atoms with E-state index in [0.29, 0.717) is 45.6 Å². The SMILES string of the molecule is CC(C)(C)CNc1c(C#N)cnc2c(C#N)cc(NC(c3cn(C4(C#N)CC4)nn3)c3cccc4cnccc34)cc12. The number of pyridine rings is 2. The van der Waals surface area contributed by atoms with Crippen LogP contribution in [-0.2, 0) is 5.54 Å². The third-order valence-corrected chi connectivity index (χ3v) is 7.52. The minimum absolute atomic E-state index is 0.0429. The van der Waals surface area contributed by atoms with Gasteiger partial charge in [-0.05, 0) is 47.4 Å². The van der Waals surface area contributed by atoms with E-state index in [4.69, 9.17) is 0 Å². The normalized spacial score (nSPS) is 14.5. The molecule has 42 heavy (non-hydrogen) atoms. The van der Waals surface area contributed by atoms with Gasteiger partial charge in [-0.1, -0.05) is 44.2 Å². The molecule has 10 heteroatoms. The molecular formula is C32H28N10. The maximum absolute atomic E-state index is 10.1. The average Bonchev–Trinajstić information content (AvgIpc) is 3.64. The van der Waals surface area contributed by atoms with Gasteiger partial charge in [0.15, 0.2) is 5.54 Å². The molecular weight excluding hydrogens is 524 g/mol. The molecule has 1 unspecified atom stereocenters. The van der Waals surface area contributed by atoms with Gasteiger partial charge in [0.25, 0.3) is 0 Å². The van der Waals surface area contributed by atoms with Crippen LogP contribution >= 0.6 is 0 Å². The van der Waals surface area contributed by atoms with Crippen molar-refractivity contribution in [2.75, 3.05) is 17.2 Å². The van der Waals surface area contributed by atoms with Crippen LogP contribution in [-0.4, -0.2) is 31.5 Å². The van der Waals surface area contributed by atoms with Crippen molar-refractivity contribution in [2.45, 2.75) is 45.2 Å². The molecule has 1 atom stereocenters. The molecule has 0 saturated heterocycles. The number of nitriles is 3. The molecule has 0 bridgehead atoms. The van der Waals surface area contributed by atoms with E-state index in [2.05, 4.69) is 69.9 Å². The summed E-state index contributed by atoms with van der Waals surface area (Å²) >= 11 is 0. The highest BCUT2D eigenvalue weighted by Crippen LogP contribution is 2.43. The summed E-state index contributed by atoms with van der Waals surface area (Å²) in [6.07, 6.45) is 8.37. The lowest BCUT2D eigenvalue weighted by Crippen LogP contribution is -2.20. The largest absolute Gasteiger partial charge is 0.383 e. The van der Waals surface area contributed by atoms with Crippen molar-refractivity contribution in [3.05, 3.63) is 83.6 Å². The fraction of sp³-hybridized carbons (Fsp3) is 0.281. The molecule has 206 valence electrons. The molecule has 2 aromatic carbocycles. The van der Waals surface area contributed by atoms with Crippen LogP contribution in [0.4, 0.5) is 11.4 Å². The third kappa shape index (κ3) is 4.82. The highest BCUT2D eigenvalue weighted by molar-refractivity contribution is 5.99. The van der Waals surface area contributed by atoms with Crippen LogP contribution in [0.2, 0.25) is 0 Å². The predicted molar refractivity (Wildman–Crippen MR) is 159 cm³/mol. The second-order valence-corrected chi connectivity index (χ2v) is 11.9. The zero-order valence-electron chi connectivity index (χ0n) is 23.5. The van der Waals surface area contributed by atoms with E-state index < -0.39 is 11.6 Å². The molecule has 2 N–H and O–H groups in total. The second-order valence-electron chi connectivity index (χ2n) is 11.9. The average molecular weight is 553 g/mol. The minimum atomic E-state index is -0.650. The Morgan fingerprint density at radius 2 is 1.83 bits per heavy atom. The Kier molecular flexibility index (Phi) is 6.44. The van der Waals surface area contributed by atoms with Gasteiger partial charge in [-0.15, -0.1) is 5.10 Å². The molecule has 0 aliphatic heterocycles. The molecule has 3 aromatic heterocycles. The maximum Gasteiger partial charge on any atom is 0.150 e.